The lowest BCUT2D eigenvalue weighted by molar-refractivity contribution is -0.119. The first-order valence-electron chi connectivity index (χ1n) is 4.92. The normalized spacial score (nSPS) is 14.7. The minimum atomic E-state index is -0.297. The van der Waals surface area contributed by atoms with Crippen LogP contribution in [-0.4, -0.2) is 11.8 Å². The summed E-state index contributed by atoms with van der Waals surface area (Å²) in [7, 11) is 0. The third kappa shape index (κ3) is 1.56. The summed E-state index contributed by atoms with van der Waals surface area (Å²) in [4.78, 5) is 24.2. The van der Waals surface area contributed by atoms with E-state index in [1.54, 1.807) is 12.1 Å². The Morgan fingerprint density at radius 1 is 1.19 bits per heavy atom. The van der Waals surface area contributed by atoms with Crippen LogP contribution >= 0.6 is 0 Å². The van der Waals surface area contributed by atoms with Gasteiger partial charge in [0.25, 0.3) is 11.8 Å². The molecular formula is C13H11NO2. The number of carbonyl (C=O) groups is 2. The predicted molar refractivity (Wildman–Crippen MR) is 62.9 cm³/mol. The van der Waals surface area contributed by atoms with Crippen molar-refractivity contribution in [3.05, 3.63) is 48.1 Å². The van der Waals surface area contributed by atoms with Crippen LogP contribution in [0.2, 0.25) is 0 Å². The molecule has 1 heterocycles. The first kappa shape index (κ1) is 10.4. The Morgan fingerprint density at radius 2 is 1.81 bits per heavy atom. The van der Waals surface area contributed by atoms with Crippen molar-refractivity contribution in [1.82, 2.24) is 0 Å². The van der Waals surface area contributed by atoms with Gasteiger partial charge in [0.15, 0.2) is 0 Å². The van der Waals surface area contributed by atoms with Crippen molar-refractivity contribution in [3.8, 4) is 0 Å². The monoisotopic (exact) mass is 213 g/mol. The number of hydrogen-bond acceptors (Lipinski definition) is 2. The number of nitrogens with zero attached hydrogens (tertiary/aromatic N) is 1. The fourth-order valence-electron chi connectivity index (χ4n) is 1.63. The lowest BCUT2D eigenvalue weighted by atomic mass is 10.1. The second-order valence-electron chi connectivity index (χ2n) is 3.60. The first-order valence-corrected chi connectivity index (χ1v) is 4.92. The molecule has 0 saturated heterocycles. The van der Waals surface area contributed by atoms with E-state index in [1.807, 2.05) is 19.1 Å². The summed E-state index contributed by atoms with van der Waals surface area (Å²) in [5.74, 6) is -0.594. The zero-order valence-electron chi connectivity index (χ0n) is 8.93. The molecule has 0 radical (unpaired) electrons. The molecule has 0 fully saturated rings. The first-order chi connectivity index (χ1) is 7.63. The Morgan fingerprint density at radius 3 is 2.38 bits per heavy atom. The molecule has 1 aromatic carbocycles. The molecule has 3 nitrogen and oxygen atoms in total. The van der Waals surface area contributed by atoms with Gasteiger partial charge in [-0.1, -0.05) is 24.8 Å². The fraction of sp³-hybridized carbons (Fsp3) is 0.0769. The number of benzene rings is 1. The van der Waals surface area contributed by atoms with E-state index in [4.69, 9.17) is 0 Å². The second kappa shape index (κ2) is 3.77. The van der Waals surface area contributed by atoms with Crippen molar-refractivity contribution in [2.45, 2.75) is 6.92 Å². The van der Waals surface area contributed by atoms with Crippen LogP contribution in [0.25, 0.3) is 6.08 Å². The highest BCUT2D eigenvalue weighted by Crippen LogP contribution is 2.25. The Balaban J connectivity index is 2.51. The maximum absolute atomic E-state index is 11.5. The quantitative estimate of drug-likeness (QED) is 0.705. The lowest BCUT2D eigenvalue weighted by Crippen LogP contribution is -2.30. The Kier molecular flexibility index (Phi) is 2.44. The second-order valence-corrected chi connectivity index (χ2v) is 3.60. The molecule has 0 aromatic heterocycles. The summed E-state index contributed by atoms with van der Waals surface area (Å²) in [6.45, 7) is 5.52. The van der Waals surface area contributed by atoms with Crippen molar-refractivity contribution in [1.29, 1.82) is 0 Å². The molecule has 1 aliphatic heterocycles. The van der Waals surface area contributed by atoms with E-state index in [0.29, 0.717) is 5.69 Å². The van der Waals surface area contributed by atoms with Crippen molar-refractivity contribution < 1.29 is 9.59 Å². The summed E-state index contributed by atoms with van der Waals surface area (Å²) in [5.41, 5.74) is 2.39. The molecule has 80 valence electrons. The maximum Gasteiger partial charge on any atom is 0.258 e. The van der Waals surface area contributed by atoms with E-state index in [-0.39, 0.29) is 11.8 Å². The zero-order valence-corrected chi connectivity index (χ0v) is 8.93. The van der Waals surface area contributed by atoms with E-state index in [9.17, 15) is 9.59 Å². The average Bonchev–Trinajstić information content (AvgIpc) is 2.60. The van der Waals surface area contributed by atoms with Gasteiger partial charge in [-0.2, -0.15) is 0 Å². The molecule has 1 aromatic rings. The van der Waals surface area contributed by atoms with Gasteiger partial charge in [0.05, 0.1) is 5.69 Å². The zero-order chi connectivity index (χ0) is 11.7. The summed E-state index contributed by atoms with van der Waals surface area (Å²) in [6, 6.07) is 5.54. The molecule has 0 atom stereocenters. The highest BCUT2D eigenvalue weighted by atomic mass is 16.2. The minimum absolute atomic E-state index is 0.297. The molecule has 0 bridgehead atoms. The largest absolute Gasteiger partial charge is 0.269 e. The van der Waals surface area contributed by atoms with Gasteiger partial charge in [0, 0.05) is 12.2 Å². The molecule has 0 saturated carbocycles. The van der Waals surface area contributed by atoms with Crippen molar-refractivity contribution in [2.24, 2.45) is 0 Å². The van der Waals surface area contributed by atoms with Gasteiger partial charge >= 0.3 is 0 Å². The summed E-state index contributed by atoms with van der Waals surface area (Å²) in [5, 5.41) is 0. The van der Waals surface area contributed by atoms with Crippen LogP contribution < -0.4 is 4.90 Å². The van der Waals surface area contributed by atoms with Crippen LogP contribution in [0.4, 0.5) is 5.69 Å². The molecule has 0 N–H and O–H groups in total. The molecule has 2 rings (SSSR count). The number of anilines is 1. The van der Waals surface area contributed by atoms with Crippen LogP contribution in [0.5, 0.6) is 0 Å². The molecule has 1 aliphatic rings. The molecule has 0 aliphatic carbocycles. The number of amides is 2. The summed E-state index contributed by atoms with van der Waals surface area (Å²) >= 11 is 0. The summed E-state index contributed by atoms with van der Waals surface area (Å²) < 4.78 is 0. The third-order valence-corrected chi connectivity index (χ3v) is 2.52. The van der Waals surface area contributed by atoms with Gasteiger partial charge in [-0.25, -0.2) is 4.90 Å². The third-order valence-electron chi connectivity index (χ3n) is 2.52. The van der Waals surface area contributed by atoms with Crippen molar-refractivity contribution in [2.75, 3.05) is 4.90 Å². The topological polar surface area (TPSA) is 37.4 Å². The number of rotatable bonds is 2. The van der Waals surface area contributed by atoms with Crippen molar-refractivity contribution in [3.63, 3.8) is 0 Å². The highest BCUT2D eigenvalue weighted by Gasteiger charge is 2.26. The number of imide groups is 1. The van der Waals surface area contributed by atoms with Crippen LogP contribution in [-0.2, 0) is 9.59 Å². The van der Waals surface area contributed by atoms with Gasteiger partial charge in [-0.3, -0.25) is 9.59 Å². The molecule has 0 unspecified atom stereocenters. The maximum atomic E-state index is 11.5. The smallest absolute Gasteiger partial charge is 0.258 e. The Labute approximate surface area is 93.7 Å². The van der Waals surface area contributed by atoms with E-state index < -0.39 is 0 Å². The van der Waals surface area contributed by atoms with Gasteiger partial charge in [-0.05, 0) is 24.1 Å². The molecule has 3 heteroatoms. The van der Waals surface area contributed by atoms with Crippen LogP contribution in [0, 0.1) is 6.92 Å². The summed E-state index contributed by atoms with van der Waals surface area (Å²) in [6.07, 6.45) is 4.24. The van der Waals surface area contributed by atoms with Crippen molar-refractivity contribution >= 4 is 23.6 Å². The van der Waals surface area contributed by atoms with E-state index in [0.717, 1.165) is 11.1 Å². The Bertz CT molecular complexity index is 497. The highest BCUT2D eigenvalue weighted by molar-refractivity contribution is 6.28. The lowest BCUT2D eigenvalue weighted by Gasteiger charge is -2.17. The van der Waals surface area contributed by atoms with E-state index in [2.05, 4.69) is 6.58 Å². The van der Waals surface area contributed by atoms with Gasteiger partial charge in [-0.15, -0.1) is 0 Å². The average molecular weight is 213 g/mol. The SMILES string of the molecule is C=Cc1ccc(C)c(N2C(=O)C=CC2=O)c1. The molecule has 16 heavy (non-hydrogen) atoms. The van der Waals surface area contributed by atoms with Crippen LogP contribution in [0.1, 0.15) is 11.1 Å². The van der Waals surface area contributed by atoms with Gasteiger partial charge in [0.2, 0.25) is 0 Å². The number of carbonyl (C=O) groups excluding carboxylic acids is 2. The molecule has 2 amide bonds. The van der Waals surface area contributed by atoms with E-state index >= 15 is 0 Å². The molecular weight excluding hydrogens is 202 g/mol. The standard InChI is InChI=1S/C13H11NO2/c1-3-10-5-4-9(2)11(8-10)14-12(15)6-7-13(14)16/h3-8H,1H2,2H3. The predicted octanol–water partition coefficient (Wildman–Crippen LogP) is 2.07. The fourth-order valence-corrected chi connectivity index (χ4v) is 1.63. The Hall–Kier alpha value is -2.16. The number of aryl methyl sites for hydroxylation is 1. The number of hydrogen-bond donors (Lipinski definition) is 0. The van der Waals surface area contributed by atoms with E-state index in [1.165, 1.54) is 17.1 Å². The minimum Gasteiger partial charge on any atom is -0.269 e. The van der Waals surface area contributed by atoms with Gasteiger partial charge in [0.1, 0.15) is 0 Å². The molecule has 0 spiro atoms. The van der Waals surface area contributed by atoms with Crippen LogP contribution in [0.3, 0.4) is 0 Å². The van der Waals surface area contributed by atoms with Crippen LogP contribution in [0.15, 0.2) is 36.9 Å². The van der Waals surface area contributed by atoms with Gasteiger partial charge < -0.3 is 0 Å².